The molecule has 4 heterocycles. The summed E-state index contributed by atoms with van der Waals surface area (Å²) in [6, 6.07) is 5.01. The van der Waals surface area contributed by atoms with E-state index in [0.717, 1.165) is 0 Å². The maximum atomic E-state index is 13.6. The zero-order valence-electron chi connectivity index (χ0n) is 23.1. The Labute approximate surface area is 231 Å². The van der Waals surface area contributed by atoms with Crippen molar-refractivity contribution in [1.29, 1.82) is 0 Å². The number of carbonyl (C=O) groups is 1. The van der Waals surface area contributed by atoms with Gasteiger partial charge in [-0.15, -0.1) is 10.2 Å². The van der Waals surface area contributed by atoms with Gasteiger partial charge >= 0.3 is 6.09 Å². The Balaban J connectivity index is 1.76. The fourth-order valence-electron chi connectivity index (χ4n) is 4.11. The number of piperidine rings is 1. The first-order chi connectivity index (χ1) is 19.0. The summed E-state index contributed by atoms with van der Waals surface area (Å²) in [5.41, 5.74) is -0.245. The number of ether oxygens (including phenoxy) is 4. The van der Waals surface area contributed by atoms with Crippen molar-refractivity contribution in [1.82, 2.24) is 34.6 Å². The molecule has 0 radical (unpaired) electrons. The van der Waals surface area contributed by atoms with E-state index in [-0.39, 0.29) is 35.8 Å². The number of sulfonamides is 1. The highest BCUT2D eigenvalue weighted by molar-refractivity contribution is 7.93. The van der Waals surface area contributed by atoms with Gasteiger partial charge in [-0.3, -0.25) is 4.72 Å². The molecule has 0 bridgehead atoms. The van der Waals surface area contributed by atoms with E-state index in [9.17, 15) is 13.2 Å². The Morgan fingerprint density at radius 1 is 1.05 bits per heavy atom. The standard InChI is InChI=1S/C24H32N8O7S/c1-24(2,3)39-23(33)31-12-8-9-15(13-31)40(34,35)30-22-29-28-19(16-10-7-11-17(27-16)36-4)32(22)18-20(37-5)25-14-26-21(18)38-6/h7,10-11,14-15H,8-9,12-13H2,1-6H3,(H,29,30). The van der Waals surface area contributed by atoms with Crippen LogP contribution in [0.1, 0.15) is 33.6 Å². The van der Waals surface area contributed by atoms with E-state index in [4.69, 9.17) is 18.9 Å². The Morgan fingerprint density at radius 3 is 2.38 bits per heavy atom. The number of hydrogen-bond donors (Lipinski definition) is 1. The minimum Gasteiger partial charge on any atom is -0.481 e. The second-order valence-corrected chi connectivity index (χ2v) is 11.8. The zero-order chi connectivity index (χ0) is 29.1. The molecule has 1 amide bonds. The van der Waals surface area contributed by atoms with E-state index in [1.807, 2.05) is 0 Å². The normalized spacial score (nSPS) is 15.8. The predicted molar refractivity (Wildman–Crippen MR) is 143 cm³/mol. The number of rotatable bonds is 8. The molecule has 1 N–H and O–H groups in total. The molecule has 3 aromatic heterocycles. The van der Waals surface area contributed by atoms with Crippen LogP contribution in [0.5, 0.6) is 17.6 Å². The lowest BCUT2D eigenvalue weighted by Gasteiger charge is -2.33. The van der Waals surface area contributed by atoms with E-state index in [0.29, 0.717) is 31.0 Å². The van der Waals surface area contributed by atoms with Gasteiger partial charge in [-0.2, -0.15) is 9.97 Å². The van der Waals surface area contributed by atoms with Crippen LogP contribution in [0.4, 0.5) is 10.7 Å². The van der Waals surface area contributed by atoms with E-state index in [2.05, 4.69) is 29.9 Å². The minimum absolute atomic E-state index is 0.0518. The van der Waals surface area contributed by atoms with Gasteiger partial charge in [0.25, 0.3) is 0 Å². The van der Waals surface area contributed by atoms with Crippen LogP contribution in [0.3, 0.4) is 0 Å². The lowest BCUT2D eigenvalue weighted by molar-refractivity contribution is 0.0219. The van der Waals surface area contributed by atoms with Gasteiger partial charge in [0.2, 0.25) is 33.6 Å². The van der Waals surface area contributed by atoms with Gasteiger partial charge in [0.15, 0.2) is 11.5 Å². The molecule has 0 saturated carbocycles. The summed E-state index contributed by atoms with van der Waals surface area (Å²) in [6.07, 6.45) is 1.48. The van der Waals surface area contributed by atoms with Gasteiger partial charge in [-0.25, -0.2) is 22.8 Å². The van der Waals surface area contributed by atoms with Gasteiger partial charge in [0.05, 0.1) is 26.6 Å². The second-order valence-electron chi connectivity index (χ2n) is 9.83. The smallest absolute Gasteiger partial charge is 0.410 e. The third kappa shape index (κ3) is 6.16. The molecular weight excluding hydrogens is 544 g/mol. The molecule has 1 unspecified atom stereocenters. The molecule has 0 spiro atoms. The minimum atomic E-state index is -4.09. The highest BCUT2D eigenvalue weighted by atomic mass is 32.2. The second kappa shape index (κ2) is 11.5. The number of aromatic nitrogens is 6. The van der Waals surface area contributed by atoms with E-state index >= 15 is 0 Å². The molecule has 1 fully saturated rings. The van der Waals surface area contributed by atoms with Crippen LogP contribution in [0.25, 0.3) is 17.2 Å². The molecule has 0 aromatic carbocycles. The summed E-state index contributed by atoms with van der Waals surface area (Å²) in [7, 11) is 0.180. The molecule has 216 valence electrons. The van der Waals surface area contributed by atoms with Crippen LogP contribution >= 0.6 is 0 Å². The van der Waals surface area contributed by atoms with Crippen molar-refractivity contribution in [2.45, 2.75) is 44.5 Å². The van der Waals surface area contributed by atoms with Gasteiger partial charge in [-0.1, -0.05) is 6.07 Å². The largest absolute Gasteiger partial charge is 0.481 e. The highest BCUT2D eigenvalue weighted by Gasteiger charge is 2.36. The summed E-state index contributed by atoms with van der Waals surface area (Å²) in [5.74, 6) is 0.416. The maximum Gasteiger partial charge on any atom is 0.410 e. The van der Waals surface area contributed by atoms with Crippen molar-refractivity contribution in [3.8, 4) is 34.8 Å². The lowest BCUT2D eigenvalue weighted by Crippen LogP contribution is -2.48. The third-order valence-electron chi connectivity index (χ3n) is 5.89. The van der Waals surface area contributed by atoms with Crippen LogP contribution in [0.15, 0.2) is 24.5 Å². The number of carbonyl (C=O) groups excluding carboxylic acids is 1. The quantitative estimate of drug-likeness (QED) is 0.415. The van der Waals surface area contributed by atoms with E-state index in [1.165, 1.54) is 37.1 Å². The number of likely N-dealkylation sites (tertiary alicyclic amines) is 1. The van der Waals surface area contributed by atoms with Crippen LogP contribution in [-0.4, -0.2) is 94.4 Å². The van der Waals surface area contributed by atoms with Gasteiger partial charge in [0, 0.05) is 19.2 Å². The number of pyridine rings is 1. The monoisotopic (exact) mass is 576 g/mol. The number of amides is 1. The summed E-state index contributed by atoms with van der Waals surface area (Å²) in [6.45, 7) is 5.59. The number of nitrogens with zero attached hydrogens (tertiary/aromatic N) is 7. The third-order valence-corrected chi connectivity index (χ3v) is 7.62. The van der Waals surface area contributed by atoms with Crippen LogP contribution in [-0.2, 0) is 14.8 Å². The molecule has 1 aliphatic heterocycles. The first kappa shape index (κ1) is 28.8. The highest BCUT2D eigenvalue weighted by Crippen LogP contribution is 2.35. The first-order valence-electron chi connectivity index (χ1n) is 12.4. The summed E-state index contributed by atoms with van der Waals surface area (Å²) in [4.78, 5) is 26.7. The van der Waals surface area contributed by atoms with Gasteiger partial charge in [-0.05, 0) is 39.7 Å². The molecule has 0 aliphatic carbocycles. The summed E-state index contributed by atoms with van der Waals surface area (Å²) in [5, 5.41) is 7.41. The average molecular weight is 577 g/mol. The van der Waals surface area contributed by atoms with Crippen molar-refractivity contribution in [2.75, 3.05) is 39.1 Å². The predicted octanol–water partition coefficient (Wildman–Crippen LogP) is 2.29. The SMILES string of the molecule is COc1cccc(-c2nnc(NS(=O)(=O)C3CCCN(C(=O)OC(C)(C)C)C3)n2-c2c(OC)ncnc2OC)n1. The van der Waals surface area contributed by atoms with Crippen molar-refractivity contribution < 1.29 is 32.2 Å². The zero-order valence-corrected chi connectivity index (χ0v) is 23.9. The lowest BCUT2D eigenvalue weighted by atomic mass is 10.1. The van der Waals surface area contributed by atoms with Crippen molar-refractivity contribution in [3.63, 3.8) is 0 Å². The molecule has 3 aromatic rings. The van der Waals surface area contributed by atoms with Crippen molar-refractivity contribution in [3.05, 3.63) is 24.5 Å². The van der Waals surface area contributed by atoms with Gasteiger partial charge < -0.3 is 23.8 Å². The first-order valence-corrected chi connectivity index (χ1v) is 13.9. The van der Waals surface area contributed by atoms with Crippen molar-refractivity contribution >= 4 is 22.1 Å². The molecule has 1 aliphatic rings. The van der Waals surface area contributed by atoms with Gasteiger partial charge in [0.1, 0.15) is 17.6 Å². The fraction of sp³-hybridized carbons (Fsp3) is 0.500. The number of hydrogen-bond acceptors (Lipinski definition) is 12. The Morgan fingerprint density at radius 2 is 1.75 bits per heavy atom. The van der Waals surface area contributed by atoms with Crippen LogP contribution in [0, 0.1) is 0 Å². The van der Waals surface area contributed by atoms with E-state index < -0.39 is 27.0 Å². The summed E-state index contributed by atoms with van der Waals surface area (Å²) >= 11 is 0. The van der Waals surface area contributed by atoms with Crippen molar-refractivity contribution in [2.24, 2.45) is 0 Å². The molecule has 4 rings (SSSR count). The van der Waals surface area contributed by atoms with Crippen LogP contribution < -0.4 is 18.9 Å². The fourth-order valence-corrected chi connectivity index (χ4v) is 5.52. The molecule has 1 atom stereocenters. The molecule has 16 heteroatoms. The van der Waals surface area contributed by atoms with Crippen LogP contribution in [0.2, 0.25) is 0 Å². The number of nitrogens with one attached hydrogen (secondary N) is 1. The topological polar surface area (TPSA) is 173 Å². The Bertz CT molecular complexity index is 1450. The Kier molecular flexibility index (Phi) is 8.27. The molecule has 40 heavy (non-hydrogen) atoms. The average Bonchev–Trinajstić information content (AvgIpc) is 3.33. The van der Waals surface area contributed by atoms with E-state index in [1.54, 1.807) is 39.0 Å². The number of methoxy groups -OCH3 is 3. The molecule has 15 nitrogen and oxygen atoms in total. The maximum absolute atomic E-state index is 13.6. The molecule has 1 saturated heterocycles. The Hall–Kier alpha value is -4.21. The molecular formula is C24H32N8O7S. The number of anilines is 1. The summed E-state index contributed by atoms with van der Waals surface area (Å²) < 4.78 is 52.8.